The summed E-state index contributed by atoms with van der Waals surface area (Å²) < 4.78 is 1.50. The van der Waals surface area contributed by atoms with Gasteiger partial charge in [0.1, 0.15) is 0 Å². The van der Waals surface area contributed by atoms with Crippen LogP contribution in [0.3, 0.4) is 0 Å². The van der Waals surface area contributed by atoms with Crippen LogP contribution in [0.2, 0.25) is 0 Å². The number of hydrogen-bond acceptors (Lipinski definition) is 4. The van der Waals surface area contributed by atoms with Crippen LogP contribution in [-0.2, 0) is 6.54 Å². The summed E-state index contributed by atoms with van der Waals surface area (Å²) in [6.07, 6.45) is 3.16. The average molecular weight is 193 g/mol. The molecule has 0 fully saturated rings. The predicted molar refractivity (Wildman–Crippen MR) is 46.8 cm³/mol. The van der Waals surface area contributed by atoms with Crippen molar-refractivity contribution >= 4 is 0 Å². The fraction of sp³-hybridized carbons (Fsp3) is 0.143. The Balaban J connectivity index is 2.34. The third-order valence-corrected chi connectivity index (χ3v) is 1.62. The van der Waals surface area contributed by atoms with Crippen molar-refractivity contribution in [3.63, 3.8) is 0 Å². The van der Waals surface area contributed by atoms with Gasteiger partial charge in [0.25, 0.3) is 5.56 Å². The van der Waals surface area contributed by atoms with Crippen LogP contribution in [0.1, 0.15) is 5.69 Å². The molecule has 7 heteroatoms. The molecule has 0 aliphatic carbocycles. The first-order valence-electron chi connectivity index (χ1n) is 3.91. The molecule has 0 saturated carbocycles. The number of nitrogens with one attached hydrogen (secondary N) is 2. The molecule has 0 radical (unpaired) electrons. The summed E-state index contributed by atoms with van der Waals surface area (Å²) in [6, 6.07) is 1.31. The zero-order valence-electron chi connectivity index (χ0n) is 7.10. The molecule has 0 unspecified atom stereocenters. The van der Waals surface area contributed by atoms with E-state index in [4.69, 9.17) is 0 Å². The Labute approximate surface area is 77.4 Å². The van der Waals surface area contributed by atoms with Crippen molar-refractivity contribution in [2.45, 2.75) is 6.54 Å². The molecular formula is C7H7N5O2. The van der Waals surface area contributed by atoms with Gasteiger partial charge < -0.3 is 4.98 Å². The van der Waals surface area contributed by atoms with E-state index in [1.165, 1.54) is 16.9 Å². The van der Waals surface area contributed by atoms with Crippen molar-refractivity contribution in [2.75, 3.05) is 0 Å². The minimum absolute atomic E-state index is 0.319. The van der Waals surface area contributed by atoms with Crippen LogP contribution in [0, 0.1) is 0 Å². The van der Waals surface area contributed by atoms with Gasteiger partial charge in [-0.05, 0) is 0 Å². The lowest BCUT2D eigenvalue weighted by Crippen LogP contribution is -2.23. The van der Waals surface area contributed by atoms with E-state index < -0.39 is 11.2 Å². The summed E-state index contributed by atoms with van der Waals surface area (Å²) in [5, 5.41) is 7.30. The van der Waals surface area contributed by atoms with Gasteiger partial charge in [0.15, 0.2) is 0 Å². The van der Waals surface area contributed by atoms with E-state index in [-0.39, 0.29) is 0 Å². The lowest BCUT2D eigenvalue weighted by molar-refractivity contribution is 0.634. The van der Waals surface area contributed by atoms with Crippen LogP contribution in [0.4, 0.5) is 0 Å². The van der Waals surface area contributed by atoms with E-state index in [1.54, 1.807) is 6.20 Å². The highest BCUT2D eigenvalue weighted by Gasteiger charge is 1.98. The molecule has 2 N–H and O–H groups in total. The fourth-order valence-electron chi connectivity index (χ4n) is 1.10. The van der Waals surface area contributed by atoms with Gasteiger partial charge >= 0.3 is 5.69 Å². The molecule has 0 bridgehead atoms. The first-order chi connectivity index (χ1) is 6.74. The van der Waals surface area contributed by atoms with E-state index in [0.717, 1.165) is 0 Å². The Bertz CT molecular complexity index is 495. The number of aromatic nitrogens is 5. The first kappa shape index (κ1) is 8.42. The average Bonchev–Trinajstić information content (AvgIpc) is 2.54. The zero-order chi connectivity index (χ0) is 9.97. The molecule has 2 rings (SSSR count). The zero-order valence-corrected chi connectivity index (χ0v) is 7.10. The van der Waals surface area contributed by atoms with Crippen molar-refractivity contribution in [1.82, 2.24) is 25.0 Å². The SMILES string of the molecule is O=c1cc(Cn2ccnn2)[nH]c(=O)[nH]1. The number of nitrogens with zero attached hydrogens (tertiary/aromatic N) is 3. The van der Waals surface area contributed by atoms with Gasteiger partial charge in [-0.3, -0.25) is 9.78 Å². The maximum Gasteiger partial charge on any atom is 0.325 e. The molecule has 2 aromatic heterocycles. The second kappa shape index (κ2) is 3.29. The fourth-order valence-corrected chi connectivity index (χ4v) is 1.10. The number of hydrogen-bond donors (Lipinski definition) is 2. The van der Waals surface area contributed by atoms with Crippen LogP contribution in [0.5, 0.6) is 0 Å². The summed E-state index contributed by atoms with van der Waals surface area (Å²) in [4.78, 5) is 26.4. The van der Waals surface area contributed by atoms with Crippen LogP contribution < -0.4 is 11.2 Å². The van der Waals surface area contributed by atoms with Crippen molar-refractivity contribution in [3.05, 3.63) is 45.0 Å². The summed E-state index contributed by atoms with van der Waals surface area (Å²) in [5.41, 5.74) is -0.458. The van der Waals surface area contributed by atoms with Gasteiger partial charge in [-0.1, -0.05) is 5.21 Å². The van der Waals surface area contributed by atoms with Gasteiger partial charge in [-0.2, -0.15) is 0 Å². The molecule has 0 aliphatic rings. The van der Waals surface area contributed by atoms with Crippen molar-refractivity contribution in [1.29, 1.82) is 0 Å². The van der Waals surface area contributed by atoms with Crippen LogP contribution in [0.25, 0.3) is 0 Å². The normalized spacial score (nSPS) is 10.3. The van der Waals surface area contributed by atoms with Gasteiger partial charge in [-0.15, -0.1) is 5.10 Å². The summed E-state index contributed by atoms with van der Waals surface area (Å²) in [7, 11) is 0. The van der Waals surface area contributed by atoms with Gasteiger partial charge in [0.2, 0.25) is 0 Å². The maximum absolute atomic E-state index is 10.9. The highest BCUT2D eigenvalue weighted by Crippen LogP contribution is 1.89. The highest BCUT2D eigenvalue weighted by molar-refractivity contribution is 4.98. The smallest absolute Gasteiger partial charge is 0.309 e. The third-order valence-electron chi connectivity index (χ3n) is 1.62. The van der Waals surface area contributed by atoms with Crippen molar-refractivity contribution in [3.8, 4) is 0 Å². The second-order valence-electron chi connectivity index (χ2n) is 2.71. The molecule has 14 heavy (non-hydrogen) atoms. The third kappa shape index (κ3) is 1.76. The summed E-state index contributed by atoms with van der Waals surface area (Å²) in [5.74, 6) is 0. The van der Waals surface area contributed by atoms with E-state index in [2.05, 4.69) is 20.3 Å². The number of aromatic amines is 2. The molecule has 0 amide bonds. The van der Waals surface area contributed by atoms with Gasteiger partial charge in [-0.25, -0.2) is 9.48 Å². The predicted octanol–water partition coefficient (Wildman–Crippen LogP) is -1.30. The van der Waals surface area contributed by atoms with Gasteiger partial charge in [0.05, 0.1) is 12.7 Å². The van der Waals surface area contributed by atoms with E-state index >= 15 is 0 Å². The van der Waals surface area contributed by atoms with E-state index in [1.807, 2.05) is 0 Å². The quantitative estimate of drug-likeness (QED) is 0.619. The lowest BCUT2D eigenvalue weighted by Gasteiger charge is -1.98. The Hall–Kier alpha value is -2.18. The van der Waals surface area contributed by atoms with Crippen molar-refractivity contribution in [2.24, 2.45) is 0 Å². The number of rotatable bonds is 2. The molecule has 0 saturated heterocycles. The molecule has 2 aromatic rings. The van der Waals surface area contributed by atoms with E-state index in [0.29, 0.717) is 12.2 Å². The minimum Gasteiger partial charge on any atom is -0.309 e. The van der Waals surface area contributed by atoms with Gasteiger partial charge in [0, 0.05) is 18.0 Å². The highest BCUT2D eigenvalue weighted by atomic mass is 16.2. The number of H-pyrrole nitrogens is 2. The van der Waals surface area contributed by atoms with Crippen molar-refractivity contribution < 1.29 is 0 Å². The van der Waals surface area contributed by atoms with Crippen LogP contribution in [-0.4, -0.2) is 25.0 Å². The maximum atomic E-state index is 10.9. The lowest BCUT2D eigenvalue weighted by atomic mass is 10.4. The Morgan fingerprint density at radius 1 is 1.36 bits per heavy atom. The summed E-state index contributed by atoms with van der Waals surface area (Å²) in [6.45, 7) is 0.319. The molecule has 0 atom stereocenters. The largest absolute Gasteiger partial charge is 0.325 e. The molecule has 0 aliphatic heterocycles. The van der Waals surface area contributed by atoms with Crippen LogP contribution >= 0.6 is 0 Å². The molecule has 2 heterocycles. The topological polar surface area (TPSA) is 96.4 Å². The minimum atomic E-state index is -0.521. The molecule has 7 nitrogen and oxygen atoms in total. The molecule has 0 aromatic carbocycles. The Kier molecular flexibility index (Phi) is 1.98. The molecule has 0 spiro atoms. The Morgan fingerprint density at radius 3 is 2.86 bits per heavy atom. The first-order valence-corrected chi connectivity index (χ1v) is 3.91. The van der Waals surface area contributed by atoms with Crippen LogP contribution in [0.15, 0.2) is 28.0 Å². The second-order valence-corrected chi connectivity index (χ2v) is 2.71. The molecule has 72 valence electrons. The summed E-state index contributed by atoms with van der Waals surface area (Å²) >= 11 is 0. The molecular weight excluding hydrogens is 186 g/mol. The monoisotopic (exact) mass is 193 g/mol. The Morgan fingerprint density at radius 2 is 2.21 bits per heavy atom. The van der Waals surface area contributed by atoms with E-state index in [9.17, 15) is 9.59 Å². The standard InChI is InChI=1S/C7H7N5O2/c13-6-3-5(9-7(14)10-6)4-12-2-1-8-11-12/h1-3H,4H2,(H2,9,10,13,14).